The Kier molecular flexibility index (Phi) is 5.20. The first kappa shape index (κ1) is 19.2. The minimum Gasteiger partial charge on any atom is -0.381 e. The predicted molar refractivity (Wildman–Crippen MR) is 106 cm³/mol. The van der Waals surface area contributed by atoms with Crippen molar-refractivity contribution in [3.63, 3.8) is 0 Å². The number of ether oxygens (including phenoxy) is 1. The van der Waals surface area contributed by atoms with Crippen LogP contribution < -0.4 is 5.32 Å². The number of carbonyl (C=O) groups excluding carboxylic acids is 2. The van der Waals surface area contributed by atoms with E-state index in [1.807, 2.05) is 4.68 Å². The number of nitrogens with zero attached hydrogens (tertiary/aromatic N) is 5. The summed E-state index contributed by atoms with van der Waals surface area (Å²) >= 11 is 0. The third kappa shape index (κ3) is 3.94. The van der Waals surface area contributed by atoms with Crippen LogP contribution >= 0.6 is 0 Å². The van der Waals surface area contributed by atoms with E-state index in [-0.39, 0.29) is 17.9 Å². The Bertz CT molecular complexity index is 920. The second kappa shape index (κ2) is 8.14. The second-order valence-corrected chi connectivity index (χ2v) is 8.42. The zero-order chi connectivity index (χ0) is 20.5. The minimum atomic E-state index is -0.476. The van der Waals surface area contributed by atoms with Crippen molar-refractivity contribution in [1.82, 2.24) is 30.2 Å². The number of nitrogens with one attached hydrogen (secondary N) is 1. The Balaban J connectivity index is 1.41. The molecule has 158 valence electrons. The van der Waals surface area contributed by atoms with Gasteiger partial charge in [0, 0.05) is 50.3 Å². The van der Waals surface area contributed by atoms with E-state index in [4.69, 9.17) is 4.74 Å². The summed E-state index contributed by atoms with van der Waals surface area (Å²) in [7, 11) is 0. The molecule has 1 unspecified atom stereocenters. The molecule has 5 rings (SSSR count). The molecule has 1 saturated carbocycles. The van der Waals surface area contributed by atoms with Crippen molar-refractivity contribution < 1.29 is 14.3 Å². The highest BCUT2D eigenvalue weighted by atomic mass is 16.5. The smallest absolute Gasteiger partial charge is 0.254 e. The molecule has 3 aliphatic rings. The van der Waals surface area contributed by atoms with Crippen LogP contribution in [-0.4, -0.2) is 62.5 Å². The Hall–Kier alpha value is -2.81. The molecule has 2 fully saturated rings. The fourth-order valence-corrected chi connectivity index (χ4v) is 4.26. The number of aromatic nitrogens is 4. The summed E-state index contributed by atoms with van der Waals surface area (Å²) in [4.78, 5) is 32.1. The van der Waals surface area contributed by atoms with Crippen molar-refractivity contribution in [2.45, 2.75) is 50.7 Å². The lowest BCUT2D eigenvalue weighted by molar-refractivity contribution is -0.124. The van der Waals surface area contributed by atoms with Gasteiger partial charge in [-0.25, -0.2) is 4.68 Å². The van der Waals surface area contributed by atoms with Crippen LogP contribution in [0.2, 0.25) is 0 Å². The molecule has 0 aromatic carbocycles. The highest BCUT2D eigenvalue weighted by Crippen LogP contribution is 2.34. The second-order valence-electron chi connectivity index (χ2n) is 8.42. The van der Waals surface area contributed by atoms with E-state index in [1.54, 1.807) is 29.4 Å². The Morgan fingerprint density at radius 2 is 1.90 bits per heavy atom. The van der Waals surface area contributed by atoms with Gasteiger partial charge in [0.05, 0.1) is 18.2 Å². The lowest BCUT2D eigenvalue weighted by atomic mass is 9.95. The monoisotopic (exact) mass is 410 g/mol. The zero-order valence-corrected chi connectivity index (χ0v) is 16.9. The highest BCUT2D eigenvalue weighted by molar-refractivity contribution is 5.95. The van der Waals surface area contributed by atoms with Crippen LogP contribution in [-0.2, 0) is 22.6 Å². The molecule has 2 aromatic heterocycles. The molecule has 9 heteroatoms. The van der Waals surface area contributed by atoms with Gasteiger partial charge < -0.3 is 15.0 Å². The summed E-state index contributed by atoms with van der Waals surface area (Å²) in [6.07, 6.45) is 7.21. The molecule has 2 aliphatic heterocycles. The average molecular weight is 410 g/mol. The molecule has 2 amide bonds. The van der Waals surface area contributed by atoms with Gasteiger partial charge in [0.15, 0.2) is 0 Å². The van der Waals surface area contributed by atoms with Crippen LogP contribution in [0.1, 0.15) is 53.3 Å². The lowest BCUT2D eigenvalue weighted by Crippen LogP contribution is -2.47. The Morgan fingerprint density at radius 1 is 1.13 bits per heavy atom. The normalized spacial score (nSPS) is 21.9. The number of pyridine rings is 1. The molecular formula is C21H26N6O3. The molecule has 1 aliphatic carbocycles. The molecule has 2 aromatic rings. The van der Waals surface area contributed by atoms with E-state index in [2.05, 4.69) is 20.6 Å². The number of fused-ring (bicyclic) bond motifs is 1. The van der Waals surface area contributed by atoms with E-state index in [0.29, 0.717) is 37.8 Å². The third-order valence-corrected chi connectivity index (χ3v) is 6.15. The quantitative estimate of drug-likeness (QED) is 0.793. The largest absolute Gasteiger partial charge is 0.381 e. The van der Waals surface area contributed by atoms with Gasteiger partial charge in [-0.2, -0.15) is 0 Å². The molecule has 4 heterocycles. The van der Waals surface area contributed by atoms with E-state index < -0.39 is 5.92 Å². The van der Waals surface area contributed by atoms with E-state index in [9.17, 15) is 9.59 Å². The van der Waals surface area contributed by atoms with Crippen molar-refractivity contribution in [2.75, 3.05) is 19.8 Å². The Labute approximate surface area is 174 Å². The SMILES string of the molecule is O=C(NC1CCOCC1)C1CN(C(=O)c2ccncc2)Cc2nnn(CC3CC3)c21. The van der Waals surface area contributed by atoms with Crippen molar-refractivity contribution in [1.29, 1.82) is 0 Å². The zero-order valence-electron chi connectivity index (χ0n) is 16.9. The highest BCUT2D eigenvalue weighted by Gasteiger charge is 2.39. The van der Waals surface area contributed by atoms with Gasteiger partial charge in [-0.1, -0.05) is 5.21 Å². The van der Waals surface area contributed by atoms with Gasteiger partial charge in [-0.3, -0.25) is 14.6 Å². The van der Waals surface area contributed by atoms with Crippen LogP contribution in [0.15, 0.2) is 24.5 Å². The van der Waals surface area contributed by atoms with Crippen LogP contribution in [0.3, 0.4) is 0 Å². The van der Waals surface area contributed by atoms with Gasteiger partial charge in [-0.05, 0) is 43.7 Å². The van der Waals surface area contributed by atoms with Gasteiger partial charge in [-0.15, -0.1) is 5.10 Å². The maximum Gasteiger partial charge on any atom is 0.254 e. The summed E-state index contributed by atoms with van der Waals surface area (Å²) in [5.74, 6) is -0.0407. The lowest BCUT2D eigenvalue weighted by Gasteiger charge is -2.33. The average Bonchev–Trinajstić information content (AvgIpc) is 3.52. The summed E-state index contributed by atoms with van der Waals surface area (Å²) < 4.78 is 7.30. The molecule has 1 saturated heterocycles. The minimum absolute atomic E-state index is 0.0604. The molecule has 0 radical (unpaired) electrons. The van der Waals surface area contributed by atoms with Crippen LogP contribution in [0.25, 0.3) is 0 Å². The number of hydrogen-bond acceptors (Lipinski definition) is 6. The maximum atomic E-state index is 13.3. The van der Waals surface area contributed by atoms with Crippen molar-refractivity contribution in [2.24, 2.45) is 5.92 Å². The number of amides is 2. The molecule has 0 spiro atoms. The van der Waals surface area contributed by atoms with E-state index >= 15 is 0 Å². The van der Waals surface area contributed by atoms with Crippen LogP contribution in [0.5, 0.6) is 0 Å². The van der Waals surface area contributed by atoms with E-state index in [1.165, 1.54) is 12.8 Å². The van der Waals surface area contributed by atoms with Crippen LogP contribution in [0, 0.1) is 5.92 Å². The maximum absolute atomic E-state index is 13.3. The van der Waals surface area contributed by atoms with Crippen LogP contribution in [0.4, 0.5) is 0 Å². The van der Waals surface area contributed by atoms with Crippen molar-refractivity contribution in [3.8, 4) is 0 Å². The molecular weight excluding hydrogens is 384 g/mol. The molecule has 9 nitrogen and oxygen atoms in total. The molecule has 1 N–H and O–H groups in total. The fourth-order valence-electron chi connectivity index (χ4n) is 4.26. The van der Waals surface area contributed by atoms with E-state index in [0.717, 1.165) is 30.8 Å². The number of rotatable bonds is 5. The number of hydrogen-bond donors (Lipinski definition) is 1. The molecule has 1 atom stereocenters. The first-order chi connectivity index (χ1) is 14.7. The summed E-state index contributed by atoms with van der Waals surface area (Å²) in [6.45, 7) is 2.80. The van der Waals surface area contributed by atoms with Gasteiger partial charge in [0.2, 0.25) is 5.91 Å². The first-order valence-corrected chi connectivity index (χ1v) is 10.7. The Morgan fingerprint density at radius 3 is 2.63 bits per heavy atom. The predicted octanol–water partition coefficient (Wildman–Crippen LogP) is 1.12. The topological polar surface area (TPSA) is 102 Å². The standard InChI is InChI=1S/C21H26N6O3/c28-20(23-16-5-9-30-10-6-16)17-12-26(21(29)15-3-7-22-8-4-15)13-18-19(17)27(25-24-18)11-14-1-2-14/h3-4,7-8,14,16-17H,1-2,5-6,9-13H2,(H,23,28). The van der Waals surface area contributed by atoms with Crippen molar-refractivity contribution >= 4 is 11.8 Å². The summed E-state index contributed by atoms with van der Waals surface area (Å²) in [5.41, 5.74) is 2.14. The van der Waals surface area contributed by atoms with Gasteiger partial charge in [0.25, 0.3) is 5.91 Å². The van der Waals surface area contributed by atoms with Gasteiger partial charge in [0.1, 0.15) is 5.69 Å². The molecule has 30 heavy (non-hydrogen) atoms. The first-order valence-electron chi connectivity index (χ1n) is 10.7. The third-order valence-electron chi connectivity index (χ3n) is 6.15. The van der Waals surface area contributed by atoms with Crippen molar-refractivity contribution in [3.05, 3.63) is 41.5 Å². The molecule has 0 bridgehead atoms. The summed E-state index contributed by atoms with van der Waals surface area (Å²) in [6, 6.07) is 3.49. The number of carbonyl (C=O) groups is 2. The summed E-state index contributed by atoms with van der Waals surface area (Å²) in [5, 5.41) is 11.9. The van der Waals surface area contributed by atoms with Gasteiger partial charge >= 0.3 is 0 Å². The fraction of sp³-hybridized carbons (Fsp3) is 0.571.